The van der Waals surface area contributed by atoms with Crippen LogP contribution in [0.3, 0.4) is 0 Å². The maximum absolute atomic E-state index is 6.06. The number of nitrogens with one attached hydrogen (secondary N) is 1. The Bertz CT molecular complexity index is 217. The van der Waals surface area contributed by atoms with Crippen LogP contribution in [0.4, 0.5) is 0 Å². The molecule has 0 amide bonds. The molecule has 1 N–H and O–H groups in total. The van der Waals surface area contributed by atoms with Crippen LogP contribution < -0.4 is 5.32 Å². The predicted octanol–water partition coefficient (Wildman–Crippen LogP) is 2.93. The molecule has 0 spiro atoms. The molecule has 2 nitrogen and oxygen atoms in total. The third-order valence-corrected chi connectivity index (χ3v) is 3.24. The molecule has 2 atom stereocenters. The molecule has 1 aliphatic heterocycles. The molecule has 0 aromatic carbocycles. The topological polar surface area (TPSA) is 21.3 Å². The minimum absolute atomic E-state index is 0.110. The number of ether oxygens (including phenoxy) is 1. The Morgan fingerprint density at radius 1 is 1.21 bits per heavy atom. The summed E-state index contributed by atoms with van der Waals surface area (Å²) in [5.41, 5.74) is 0.0484. The van der Waals surface area contributed by atoms with Crippen LogP contribution in [0, 0.1) is 5.41 Å². The summed E-state index contributed by atoms with van der Waals surface area (Å²) in [5, 5.41) is 3.62. The van der Waals surface area contributed by atoms with E-state index in [4.69, 9.17) is 4.74 Å². The Balaban J connectivity index is 2.90. The second-order valence-electron chi connectivity index (χ2n) is 6.42. The van der Waals surface area contributed by atoms with Gasteiger partial charge in [-0.15, -0.1) is 0 Å². The molecule has 2 heteroatoms. The first kappa shape index (κ1) is 12.0. The van der Waals surface area contributed by atoms with E-state index in [1.54, 1.807) is 0 Å². The zero-order valence-electron chi connectivity index (χ0n) is 10.7. The minimum atomic E-state index is -0.228. The molecular weight excluding hydrogens is 174 g/mol. The van der Waals surface area contributed by atoms with Crippen LogP contribution in [0.1, 0.15) is 54.9 Å². The zero-order chi connectivity index (χ0) is 11.2. The van der Waals surface area contributed by atoms with Crippen LogP contribution in [0.2, 0.25) is 0 Å². The summed E-state index contributed by atoms with van der Waals surface area (Å²) in [7, 11) is 0. The van der Waals surface area contributed by atoms with Crippen molar-refractivity contribution >= 4 is 0 Å². The SMILES string of the molecule is CC1CC(C)(C)NC(C)(C(C)(C)C)O1. The van der Waals surface area contributed by atoms with Crippen LogP contribution in [0.25, 0.3) is 0 Å². The van der Waals surface area contributed by atoms with Gasteiger partial charge in [-0.25, -0.2) is 0 Å². The summed E-state index contributed by atoms with van der Waals surface area (Å²) in [5.74, 6) is 0. The van der Waals surface area contributed by atoms with Gasteiger partial charge in [-0.3, -0.25) is 5.32 Å². The highest BCUT2D eigenvalue weighted by atomic mass is 16.5. The molecule has 1 rings (SSSR count). The van der Waals surface area contributed by atoms with E-state index in [0.29, 0.717) is 6.10 Å². The van der Waals surface area contributed by atoms with Gasteiger partial charge in [0.15, 0.2) is 0 Å². The predicted molar refractivity (Wildman–Crippen MR) is 60.2 cm³/mol. The van der Waals surface area contributed by atoms with Gasteiger partial charge in [-0.2, -0.15) is 0 Å². The monoisotopic (exact) mass is 199 g/mol. The number of hydrogen-bond donors (Lipinski definition) is 1. The number of hydrogen-bond acceptors (Lipinski definition) is 2. The van der Waals surface area contributed by atoms with Crippen molar-refractivity contribution < 1.29 is 4.74 Å². The van der Waals surface area contributed by atoms with E-state index in [9.17, 15) is 0 Å². The normalized spacial score (nSPS) is 38.4. The highest BCUT2D eigenvalue weighted by molar-refractivity contribution is 4.97. The Kier molecular flexibility index (Phi) is 2.75. The van der Waals surface area contributed by atoms with Crippen LogP contribution in [-0.4, -0.2) is 17.4 Å². The molecule has 1 fully saturated rings. The molecule has 0 radical (unpaired) electrons. The third-order valence-electron chi connectivity index (χ3n) is 3.24. The van der Waals surface area contributed by atoms with Crippen LogP contribution in [0.15, 0.2) is 0 Å². The Labute approximate surface area is 88.4 Å². The molecule has 0 bridgehead atoms. The third kappa shape index (κ3) is 2.29. The Hall–Kier alpha value is -0.0800. The summed E-state index contributed by atoms with van der Waals surface area (Å²) >= 11 is 0. The molecule has 0 aromatic rings. The first-order chi connectivity index (χ1) is 6.06. The largest absolute Gasteiger partial charge is 0.357 e. The first-order valence-electron chi connectivity index (χ1n) is 5.53. The number of rotatable bonds is 0. The van der Waals surface area contributed by atoms with Gasteiger partial charge < -0.3 is 4.74 Å². The zero-order valence-corrected chi connectivity index (χ0v) is 10.7. The average Bonchev–Trinajstić information content (AvgIpc) is 1.76. The molecule has 84 valence electrons. The van der Waals surface area contributed by atoms with Gasteiger partial charge in [0.1, 0.15) is 5.72 Å². The lowest BCUT2D eigenvalue weighted by molar-refractivity contribution is -0.203. The standard InChI is InChI=1S/C12H25NO/c1-9-8-11(5,6)13-12(7,14-9)10(2,3)4/h9,13H,8H2,1-7H3. The van der Waals surface area contributed by atoms with Crippen molar-refractivity contribution in [3.05, 3.63) is 0 Å². The highest BCUT2D eigenvalue weighted by Gasteiger charge is 2.46. The van der Waals surface area contributed by atoms with Gasteiger partial charge >= 0.3 is 0 Å². The van der Waals surface area contributed by atoms with Gasteiger partial charge in [-0.05, 0) is 34.1 Å². The van der Waals surface area contributed by atoms with Gasteiger partial charge in [0, 0.05) is 11.0 Å². The fourth-order valence-electron chi connectivity index (χ4n) is 2.25. The van der Waals surface area contributed by atoms with Crippen LogP contribution in [0.5, 0.6) is 0 Å². The highest BCUT2D eigenvalue weighted by Crippen LogP contribution is 2.38. The molecule has 1 heterocycles. The molecule has 2 unspecified atom stereocenters. The Morgan fingerprint density at radius 2 is 1.71 bits per heavy atom. The van der Waals surface area contributed by atoms with E-state index in [-0.39, 0.29) is 16.7 Å². The van der Waals surface area contributed by atoms with Gasteiger partial charge in [0.05, 0.1) is 6.10 Å². The molecular formula is C12H25NO. The summed E-state index contributed by atoms with van der Waals surface area (Å²) in [6.07, 6.45) is 1.40. The van der Waals surface area contributed by atoms with Gasteiger partial charge in [0.2, 0.25) is 0 Å². The summed E-state index contributed by atoms with van der Waals surface area (Å²) in [6.45, 7) is 15.5. The fourth-order valence-corrected chi connectivity index (χ4v) is 2.25. The summed E-state index contributed by atoms with van der Waals surface area (Å²) in [6, 6.07) is 0. The molecule has 1 aliphatic rings. The van der Waals surface area contributed by atoms with Crippen molar-refractivity contribution in [2.45, 2.75) is 72.3 Å². The maximum atomic E-state index is 6.06. The average molecular weight is 199 g/mol. The second kappa shape index (κ2) is 3.21. The lowest BCUT2D eigenvalue weighted by Crippen LogP contribution is -2.66. The van der Waals surface area contributed by atoms with Gasteiger partial charge in [-0.1, -0.05) is 20.8 Å². The summed E-state index contributed by atoms with van der Waals surface area (Å²) in [4.78, 5) is 0. The summed E-state index contributed by atoms with van der Waals surface area (Å²) < 4.78 is 6.06. The van der Waals surface area contributed by atoms with Crippen LogP contribution >= 0.6 is 0 Å². The van der Waals surface area contributed by atoms with E-state index >= 15 is 0 Å². The van der Waals surface area contributed by atoms with Crippen molar-refractivity contribution in [2.24, 2.45) is 5.41 Å². The van der Waals surface area contributed by atoms with Crippen molar-refractivity contribution in [3.8, 4) is 0 Å². The van der Waals surface area contributed by atoms with Crippen molar-refractivity contribution in [1.82, 2.24) is 5.32 Å². The van der Waals surface area contributed by atoms with E-state index < -0.39 is 0 Å². The molecule has 0 aliphatic carbocycles. The second-order valence-corrected chi connectivity index (χ2v) is 6.42. The molecule has 1 saturated heterocycles. The molecule has 0 aromatic heterocycles. The lowest BCUT2D eigenvalue weighted by atomic mass is 9.79. The van der Waals surface area contributed by atoms with Crippen molar-refractivity contribution in [2.75, 3.05) is 0 Å². The Morgan fingerprint density at radius 3 is 2.07 bits per heavy atom. The first-order valence-corrected chi connectivity index (χ1v) is 5.53. The quantitative estimate of drug-likeness (QED) is 0.647. The lowest BCUT2D eigenvalue weighted by Gasteiger charge is -2.53. The maximum Gasteiger partial charge on any atom is 0.122 e. The van der Waals surface area contributed by atoms with E-state index in [1.807, 2.05) is 0 Å². The smallest absolute Gasteiger partial charge is 0.122 e. The van der Waals surface area contributed by atoms with Crippen LogP contribution in [-0.2, 0) is 4.74 Å². The van der Waals surface area contributed by atoms with E-state index in [2.05, 4.69) is 53.8 Å². The fraction of sp³-hybridized carbons (Fsp3) is 1.00. The molecule has 0 saturated carbocycles. The van der Waals surface area contributed by atoms with E-state index in [1.165, 1.54) is 0 Å². The van der Waals surface area contributed by atoms with E-state index in [0.717, 1.165) is 6.42 Å². The van der Waals surface area contributed by atoms with Gasteiger partial charge in [0.25, 0.3) is 0 Å². The molecule has 14 heavy (non-hydrogen) atoms. The van der Waals surface area contributed by atoms with Crippen molar-refractivity contribution in [3.63, 3.8) is 0 Å². The van der Waals surface area contributed by atoms with Crippen molar-refractivity contribution in [1.29, 1.82) is 0 Å². The minimum Gasteiger partial charge on any atom is -0.357 e.